The molecule has 0 saturated heterocycles. The molecule has 0 bridgehead atoms. The van der Waals surface area contributed by atoms with Crippen LogP contribution in [-0.4, -0.2) is 16.1 Å². The Hall–Kier alpha value is -1.38. The van der Waals surface area contributed by atoms with Gasteiger partial charge in [0.1, 0.15) is 0 Å². The summed E-state index contributed by atoms with van der Waals surface area (Å²) >= 11 is 0. The summed E-state index contributed by atoms with van der Waals surface area (Å²) in [6.45, 7) is 1.76. The lowest BCUT2D eigenvalue weighted by Gasteiger charge is -2.05. The number of unbranched alkanes of at least 4 members (excludes halogenated alkanes) is 1. The largest absolute Gasteiger partial charge is 0.481 e. The minimum absolute atomic E-state index is 0.223. The van der Waals surface area contributed by atoms with Crippen molar-refractivity contribution < 1.29 is 9.90 Å². The van der Waals surface area contributed by atoms with Gasteiger partial charge >= 0.3 is 5.97 Å². The van der Waals surface area contributed by atoms with Crippen molar-refractivity contribution in [3.8, 4) is 0 Å². The summed E-state index contributed by atoms with van der Waals surface area (Å²) < 4.78 is 0. The predicted molar refractivity (Wildman–Crippen MR) is 58.6 cm³/mol. The van der Waals surface area contributed by atoms with Crippen LogP contribution in [0.1, 0.15) is 31.7 Å². The molecule has 0 radical (unpaired) electrons. The fraction of sp³-hybridized carbons (Fsp3) is 0.500. The van der Waals surface area contributed by atoms with E-state index in [4.69, 9.17) is 5.11 Å². The summed E-state index contributed by atoms with van der Waals surface area (Å²) in [6, 6.07) is 3.98. The average molecular weight is 207 g/mol. The Morgan fingerprint density at radius 2 is 2.33 bits per heavy atom. The zero-order valence-corrected chi connectivity index (χ0v) is 9.02. The standard InChI is InChI=1S/C12H17NO2/c1-10(12(14)15)5-2-3-6-11-7-4-8-13-9-11/h4,7-10H,2-3,5-6H2,1H3,(H,14,15). The van der Waals surface area contributed by atoms with Gasteiger partial charge in [-0.15, -0.1) is 0 Å². The molecule has 82 valence electrons. The number of rotatable bonds is 6. The highest BCUT2D eigenvalue weighted by Crippen LogP contribution is 2.10. The molecule has 0 fully saturated rings. The third kappa shape index (κ3) is 4.58. The van der Waals surface area contributed by atoms with Gasteiger partial charge in [0.2, 0.25) is 0 Å². The molecular weight excluding hydrogens is 190 g/mol. The zero-order valence-electron chi connectivity index (χ0n) is 9.02. The quantitative estimate of drug-likeness (QED) is 0.729. The van der Waals surface area contributed by atoms with E-state index < -0.39 is 5.97 Å². The number of carbonyl (C=O) groups is 1. The molecule has 1 N–H and O–H groups in total. The number of carboxylic acids is 1. The van der Waals surface area contributed by atoms with Crippen LogP contribution in [0.15, 0.2) is 24.5 Å². The number of hydrogen-bond acceptors (Lipinski definition) is 2. The molecule has 1 rings (SSSR count). The first-order valence-corrected chi connectivity index (χ1v) is 5.32. The summed E-state index contributed by atoms with van der Waals surface area (Å²) in [6.07, 6.45) is 7.36. The van der Waals surface area contributed by atoms with E-state index in [-0.39, 0.29) is 5.92 Å². The molecule has 0 aliphatic heterocycles. The van der Waals surface area contributed by atoms with Gasteiger partial charge in [0.15, 0.2) is 0 Å². The lowest BCUT2D eigenvalue weighted by atomic mass is 10.0. The number of carboxylic acid groups (broad SMARTS) is 1. The molecule has 1 atom stereocenters. The number of pyridine rings is 1. The van der Waals surface area contributed by atoms with Crippen LogP contribution in [0.2, 0.25) is 0 Å². The molecule has 1 aromatic rings. The third-order valence-electron chi connectivity index (χ3n) is 2.50. The van der Waals surface area contributed by atoms with Crippen LogP contribution < -0.4 is 0 Å². The smallest absolute Gasteiger partial charge is 0.306 e. The SMILES string of the molecule is CC(CCCCc1cccnc1)C(=O)O. The van der Waals surface area contributed by atoms with E-state index in [1.54, 1.807) is 13.1 Å². The Labute approximate surface area is 90.2 Å². The van der Waals surface area contributed by atoms with Crippen molar-refractivity contribution in [3.63, 3.8) is 0 Å². The molecule has 3 heteroatoms. The highest BCUT2D eigenvalue weighted by Gasteiger charge is 2.09. The monoisotopic (exact) mass is 207 g/mol. The minimum atomic E-state index is -0.698. The lowest BCUT2D eigenvalue weighted by molar-refractivity contribution is -0.141. The molecule has 0 aliphatic rings. The van der Waals surface area contributed by atoms with Gasteiger partial charge in [-0.3, -0.25) is 9.78 Å². The molecule has 0 amide bonds. The van der Waals surface area contributed by atoms with Crippen LogP contribution >= 0.6 is 0 Å². The van der Waals surface area contributed by atoms with Gasteiger partial charge in [0.05, 0.1) is 5.92 Å². The number of hydrogen-bond donors (Lipinski definition) is 1. The average Bonchev–Trinajstić information content (AvgIpc) is 2.25. The molecule has 0 spiro atoms. The summed E-state index contributed by atoms with van der Waals surface area (Å²) in [5.41, 5.74) is 1.22. The van der Waals surface area contributed by atoms with Crippen LogP contribution in [-0.2, 0) is 11.2 Å². The van der Waals surface area contributed by atoms with Crippen molar-refractivity contribution >= 4 is 5.97 Å². The maximum Gasteiger partial charge on any atom is 0.306 e. The summed E-state index contributed by atoms with van der Waals surface area (Å²) in [5.74, 6) is -0.921. The van der Waals surface area contributed by atoms with Crippen LogP contribution in [0, 0.1) is 5.92 Å². The summed E-state index contributed by atoms with van der Waals surface area (Å²) in [5, 5.41) is 8.69. The van der Waals surface area contributed by atoms with E-state index in [1.807, 2.05) is 18.3 Å². The van der Waals surface area contributed by atoms with Gasteiger partial charge in [-0.25, -0.2) is 0 Å². The van der Waals surface area contributed by atoms with Crippen LogP contribution in [0.4, 0.5) is 0 Å². The van der Waals surface area contributed by atoms with E-state index in [1.165, 1.54) is 5.56 Å². The first-order valence-electron chi connectivity index (χ1n) is 5.32. The summed E-state index contributed by atoms with van der Waals surface area (Å²) in [7, 11) is 0. The highest BCUT2D eigenvalue weighted by atomic mass is 16.4. The Kier molecular flexibility index (Phi) is 4.81. The van der Waals surface area contributed by atoms with E-state index in [0.717, 1.165) is 25.7 Å². The van der Waals surface area contributed by atoms with Crippen LogP contribution in [0.5, 0.6) is 0 Å². The van der Waals surface area contributed by atoms with Crippen molar-refractivity contribution in [2.75, 3.05) is 0 Å². The Balaban J connectivity index is 2.15. The van der Waals surface area contributed by atoms with Gasteiger partial charge in [0, 0.05) is 12.4 Å². The number of aromatic nitrogens is 1. The zero-order chi connectivity index (χ0) is 11.1. The van der Waals surface area contributed by atoms with Gasteiger partial charge in [0.25, 0.3) is 0 Å². The molecule has 1 unspecified atom stereocenters. The van der Waals surface area contributed by atoms with Gasteiger partial charge < -0.3 is 5.11 Å². The van der Waals surface area contributed by atoms with Crippen molar-refractivity contribution in [3.05, 3.63) is 30.1 Å². The van der Waals surface area contributed by atoms with Crippen molar-refractivity contribution in [1.29, 1.82) is 0 Å². The van der Waals surface area contributed by atoms with Crippen molar-refractivity contribution in [2.24, 2.45) is 5.92 Å². The third-order valence-corrected chi connectivity index (χ3v) is 2.50. The highest BCUT2D eigenvalue weighted by molar-refractivity contribution is 5.69. The normalized spacial score (nSPS) is 12.3. The molecule has 15 heavy (non-hydrogen) atoms. The first kappa shape index (κ1) is 11.7. The van der Waals surface area contributed by atoms with E-state index in [2.05, 4.69) is 4.98 Å². The van der Waals surface area contributed by atoms with E-state index in [9.17, 15) is 4.79 Å². The van der Waals surface area contributed by atoms with Gasteiger partial charge in [-0.05, 0) is 30.9 Å². The first-order chi connectivity index (χ1) is 7.20. The van der Waals surface area contributed by atoms with E-state index in [0.29, 0.717) is 0 Å². The van der Waals surface area contributed by atoms with Gasteiger partial charge in [-0.1, -0.05) is 19.4 Å². The second-order valence-electron chi connectivity index (χ2n) is 3.85. The number of aliphatic carboxylic acids is 1. The molecule has 0 saturated carbocycles. The number of nitrogens with zero attached hydrogens (tertiary/aromatic N) is 1. The Morgan fingerprint density at radius 3 is 2.93 bits per heavy atom. The number of aryl methyl sites for hydroxylation is 1. The van der Waals surface area contributed by atoms with Crippen molar-refractivity contribution in [1.82, 2.24) is 4.98 Å². The minimum Gasteiger partial charge on any atom is -0.481 e. The Morgan fingerprint density at radius 1 is 1.53 bits per heavy atom. The second-order valence-corrected chi connectivity index (χ2v) is 3.85. The maximum atomic E-state index is 10.6. The molecule has 1 aromatic heterocycles. The van der Waals surface area contributed by atoms with Crippen LogP contribution in [0.25, 0.3) is 0 Å². The second kappa shape index (κ2) is 6.17. The molecule has 3 nitrogen and oxygen atoms in total. The van der Waals surface area contributed by atoms with Gasteiger partial charge in [-0.2, -0.15) is 0 Å². The van der Waals surface area contributed by atoms with Crippen molar-refractivity contribution in [2.45, 2.75) is 32.6 Å². The van der Waals surface area contributed by atoms with E-state index >= 15 is 0 Å². The predicted octanol–water partition coefficient (Wildman–Crippen LogP) is 2.52. The van der Waals surface area contributed by atoms with Crippen LogP contribution in [0.3, 0.4) is 0 Å². The molecule has 0 aliphatic carbocycles. The fourth-order valence-corrected chi connectivity index (χ4v) is 1.45. The Bertz CT molecular complexity index is 298. The summed E-state index contributed by atoms with van der Waals surface area (Å²) in [4.78, 5) is 14.6. The topological polar surface area (TPSA) is 50.2 Å². The lowest BCUT2D eigenvalue weighted by Crippen LogP contribution is -2.08. The molecular formula is C12H17NO2. The maximum absolute atomic E-state index is 10.6. The molecule has 1 heterocycles. The fourth-order valence-electron chi connectivity index (χ4n) is 1.45. The molecule has 0 aromatic carbocycles.